The van der Waals surface area contributed by atoms with Crippen LogP contribution in [0.2, 0.25) is 0 Å². The molecule has 1 amide bonds. The Balaban J connectivity index is 1.64. The molecule has 0 spiro atoms. The summed E-state index contributed by atoms with van der Waals surface area (Å²) < 4.78 is 20.6. The number of carbonyl (C=O) groups excluding carboxylic acids is 1. The Morgan fingerprint density at radius 2 is 2.27 bits per heavy atom. The van der Waals surface area contributed by atoms with Gasteiger partial charge in [0.25, 0.3) is 5.91 Å². The maximum absolute atomic E-state index is 13.2. The number of nitrogens with zero attached hydrogens (tertiary/aromatic N) is 2. The molecule has 22 heavy (non-hydrogen) atoms. The van der Waals surface area contributed by atoms with Gasteiger partial charge in [0.05, 0.1) is 5.69 Å². The van der Waals surface area contributed by atoms with Crippen LogP contribution in [-0.2, 0) is 24.8 Å². The molecule has 2 aromatic rings. The normalized spacial score (nSPS) is 16.3. The Morgan fingerprint density at radius 1 is 1.50 bits per heavy atom. The lowest BCUT2D eigenvalue weighted by Crippen LogP contribution is -2.37. The highest BCUT2D eigenvalue weighted by molar-refractivity contribution is 5.82. The van der Waals surface area contributed by atoms with Crippen molar-refractivity contribution in [3.8, 4) is 5.75 Å². The number of halogens is 1. The predicted molar refractivity (Wildman–Crippen MR) is 79.0 cm³/mol. The molecule has 2 heterocycles. The van der Waals surface area contributed by atoms with Gasteiger partial charge >= 0.3 is 0 Å². The summed E-state index contributed by atoms with van der Waals surface area (Å²) in [5.41, 5.74) is 3.67. The zero-order valence-electron chi connectivity index (χ0n) is 12.8. The van der Waals surface area contributed by atoms with Gasteiger partial charge in [-0.05, 0) is 32.0 Å². The van der Waals surface area contributed by atoms with Crippen molar-refractivity contribution < 1.29 is 13.9 Å². The lowest BCUT2D eigenvalue weighted by atomic mass is 10.1. The molecular formula is C16H18FN3O2. The van der Waals surface area contributed by atoms with Gasteiger partial charge in [0.15, 0.2) is 6.10 Å². The minimum atomic E-state index is -0.603. The molecule has 1 aliphatic heterocycles. The molecule has 1 unspecified atom stereocenters. The van der Waals surface area contributed by atoms with Crippen molar-refractivity contribution >= 4 is 5.91 Å². The van der Waals surface area contributed by atoms with Crippen LogP contribution in [0.4, 0.5) is 4.39 Å². The number of ether oxygens (including phenoxy) is 1. The second-order valence-corrected chi connectivity index (χ2v) is 5.55. The van der Waals surface area contributed by atoms with Gasteiger partial charge in [0, 0.05) is 36.8 Å². The molecule has 0 fully saturated rings. The second-order valence-electron chi connectivity index (χ2n) is 5.55. The van der Waals surface area contributed by atoms with Gasteiger partial charge < -0.3 is 10.1 Å². The molecule has 0 bridgehead atoms. The van der Waals surface area contributed by atoms with Gasteiger partial charge in [-0.25, -0.2) is 4.39 Å². The number of nitrogens with one attached hydrogen (secondary N) is 1. The second kappa shape index (κ2) is 5.44. The molecule has 1 aliphatic rings. The summed E-state index contributed by atoms with van der Waals surface area (Å²) in [4.78, 5) is 12.2. The quantitative estimate of drug-likeness (QED) is 0.940. The largest absolute Gasteiger partial charge is 0.480 e. The lowest BCUT2D eigenvalue weighted by Gasteiger charge is -2.11. The fourth-order valence-electron chi connectivity index (χ4n) is 2.73. The zero-order valence-corrected chi connectivity index (χ0v) is 12.8. The first-order valence-electron chi connectivity index (χ1n) is 7.17. The number of carbonyl (C=O) groups is 1. The van der Waals surface area contributed by atoms with Crippen LogP contribution < -0.4 is 10.1 Å². The van der Waals surface area contributed by atoms with Crippen molar-refractivity contribution in [1.29, 1.82) is 0 Å². The summed E-state index contributed by atoms with van der Waals surface area (Å²) in [6.45, 7) is 4.29. The van der Waals surface area contributed by atoms with Gasteiger partial charge in [0.1, 0.15) is 11.6 Å². The van der Waals surface area contributed by atoms with Crippen LogP contribution in [0.3, 0.4) is 0 Å². The van der Waals surface area contributed by atoms with Crippen molar-refractivity contribution in [2.45, 2.75) is 32.9 Å². The molecular weight excluding hydrogens is 285 g/mol. The Labute approximate surface area is 128 Å². The minimum Gasteiger partial charge on any atom is -0.480 e. The SMILES string of the molecule is Cc1nn(C)c(C)c1CNC(=O)C1Cc2cc(F)ccc2O1. The van der Waals surface area contributed by atoms with Gasteiger partial charge in [-0.2, -0.15) is 5.10 Å². The summed E-state index contributed by atoms with van der Waals surface area (Å²) >= 11 is 0. The standard InChI is InChI=1S/C16H18FN3O2/c1-9-13(10(2)20(3)19-9)8-18-16(21)15-7-11-6-12(17)4-5-14(11)22-15/h4-6,15H,7-8H2,1-3H3,(H,18,21). The number of benzene rings is 1. The predicted octanol–water partition coefficient (Wildman–Crippen LogP) is 1.80. The molecule has 5 nitrogen and oxygen atoms in total. The monoisotopic (exact) mass is 303 g/mol. The maximum atomic E-state index is 13.2. The maximum Gasteiger partial charge on any atom is 0.261 e. The van der Waals surface area contributed by atoms with Crippen molar-refractivity contribution in [3.05, 3.63) is 46.5 Å². The van der Waals surface area contributed by atoms with E-state index in [0.717, 1.165) is 22.5 Å². The van der Waals surface area contributed by atoms with E-state index in [1.165, 1.54) is 12.1 Å². The van der Waals surface area contributed by atoms with Gasteiger partial charge in [-0.1, -0.05) is 0 Å². The van der Waals surface area contributed by atoms with E-state index in [9.17, 15) is 9.18 Å². The molecule has 6 heteroatoms. The highest BCUT2D eigenvalue weighted by Crippen LogP contribution is 2.29. The summed E-state index contributed by atoms with van der Waals surface area (Å²) in [6, 6.07) is 4.31. The van der Waals surface area contributed by atoms with Crippen LogP contribution in [0, 0.1) is 19.7 Å². The van der Waals surface area contributed by atoms with Crippen LogP contribution in [0.15, 0.2) is 18.2 Å². The molecule has 1 atom stereocenters. The zero-order chi connectivity index (χ0) is 15.9. The molecule has 0 saturated heterocycles. The van der Waals surface area contributed by atoms with Crippen molar-refractivity contribution in [2.24, 2.45) is 7.05 Å². The van der Waals surface area contributed by atoms with Crippen LogP contribution in [0.25, 0.3) is 0 Å². The van der Waals surface area contributed by atoms with E-state index in [2.05, 4.69) is 10.4 Å². The average Bonchev–Trinajstić information content (AvgIpc) is 2.99. The molecule has 1 aromatic heterocycles. The average molecular weight is 303 g/mol. The highest BCUT2D eigenvalue weighted by atomic mass is 19.1. The number of aryl methyl sites for hydroxylation is 2. The molecule has 116 valence electrons. The highest BCUT2D eigenvalue weighted by Gasteiger charge is 2.29. The van der Waals surface area contributed by atoms with E-state index >= 15 is 0 Å². The first kappa shape index (κ1) is 14.6. The minimum absolute atomic E-state index is 0.195. The van der Waals surface area contributed by atoms with E-state index in [0.29, 0.717) is 18.7 Å². The molecule has 0 radical (unpaired) electrons. The number of amides is 1. The van der Waals surface area contributed by atoms with Gasteiger partial charge in [0.2, 0.25) is 0 Å². The van der Waals surface area contributed by atoms with Crippen LogP contribution in [-0.4, -0.2) is 21.8 Å². The van der Waals surface area contributed by atoms with E-state index in [1.54, 1.807) is 10.7 Å². The number of hydrogen-bond donors (Lipinski definition) is 1. The van der Waals surface area contributed by atoms with Crippen molar-refractivity contribution in [3.63, 3.8) is 0 Å². The summed E-state index contributed by atoms with van der Waals surface area (Å²) in [7, 11) is 1.87. The van der Waals surface area contributed by atoms with Gasteiger partial charge in [-0.3, -0.25) is 9.48 Å². The lowest BCUT2D eigenvalue weighted by molar-refractivity contribution is -0.127. The van der Waals surface area contributed by atoms with Crippen molar-refractivity contribution in [2.75, 3.05) is 0 Å². The molecule has 1 N–H and O–H groups in total. The van der Waals surface area contributed by atoms with Crippen molar-refractivity contribution in [1.82, 2.24) is 15.1 Å². The van der Waals surface area contributed by atoms with Gasteiger partial charge in [-0.15, -0.1) is 0 Å². The Morgan fingerprint density at radius 3 is 2.95 bits per heavy atom. The molecule has 1 aromatic carbocycles. The Hall–Kier alpha value is -2.37. The van der Waals surface area contributed by atoms with Crippen LogP contribution >= 0.6 is 0 Å². The third kappa shape index (κ3) is 2.56. The van der Waals surface area contributed by atoms with E-state index in [1.807, 2.05) is 20.9 Å². The smallest absolute Gasteiger partial charge is 0.261 e. The van der Waals surface area contributed by atoms with E-state index in [-0.39, 0.29) is 11.7 Å². The first-order valence-corrected chi connectivity index (χ1v) is 7.17. The van der Waals surface area contributed by atoms with E-state index < -0.39 is 6.10 Å². The Kier molecular flexibility index (Phi) is 3.60. The summed E-state index contributed by atoms with van der Waals surface area (Å²) in [5.74, 6) is 0.0690. The molecule has 0 aliphatic carbocycles. The molecule has 0 saturated carbocycles. The third-order valence-electron chi connectivity index (χ3n) is 4.09. The molecule has 3 rings (SSSR count). The summed E-state index contributed by atoms with van der Waals surface area (Å²) in [6.07, 6.45) is -0.210. The number of fused-ring (bicyclic) bond motifs is 1. The number of aromatic nitrogens is 2. The number of rotatable bonds is 3. The first-order chi connectivity index (χ1) is 10.5. The van der Waals surface area contributed by atoms with Crippen LogP contribution in [0.1, 0.15) is 22.5 Å². The fourth-order valence-corrected chi connectivity index (χ4v) is 2.73. The number of hydrogen-bond acceptors (Lipinski definition) is 3. The summed E-state index contributed by atoms with van der Waals surface area (Å²) in [5, 5.41) is 7.19. The topological polar surface area (TPSA) is 56.2 Å². The van der Waals surface area contributed by atoms with Crippen LogP contribution in [0.5, 0.6) is 5.75 Å². The van der Waals surface area contributed by atoms with E-state index in [4.69, 9.17) is 4.74 Å². The Bertz CT molecular complexity index is 739. The third-order valence-corrected chi connectivity index (χ3v) is 4.09. The fraction of sp³-hybridized carbons (Fsp3) is 0.375.